The lowest BCUT2D eigenvalue weighted by Gasteiger charge is -2.15. The molecule has 0 aliphatic carbocycles. The van der Waals surface area contributed by atoms with Crippen LogP contribution in [0.4, 0.5) is 0 Å². The lowest BCUT2D eigenvalue weighted by Crippen LogP contribution is -2.32. The van der Waals surface area contributed by atoms with Gasteiger partial charge >= 0.3 is 0 Å². The second-order valence-corrected chi connectivity index (χ2v) is 4.32. The van der Waals surface area contributed by atoms with Crippen LogP contribution in [-0.4, -0.2) is 39.7 Å². The van der Waals surface area contributed by atoms with Crippen molar-refractivity contribution in [2.24, 2.45) is 12.8 Å². The third-order valence-electron chi connectivity index (χ3n) is 2.98. The molecular formula is C11H18N4O. The van der Waals surface area contributed by atoms with Crippen molar-refractivity contribution in [1.29, 1.82) is 0 Å². The number of aryl methyl sites for hydroxylation is 2. The fourth-order valence-corrected chi connectivity index (χ4v) is 2.12. The van der Waals surface area contributed by atoms with E-state index in [0.717, 1.165) is 30.6 Å². The predicted molar refractivity (Wildman–Crippen MR) is 61.1 cm³/mol. The first-order valence-electron chi connectivity index (χ1n) is 5.69. The third kappa shape index (κ3) is 1.95. The largest absolute Gasteiger partial charge is 0.337 e. The minimum atomic E-state index is 0.0675. The summed E-state index contributed by atoms with van der Waals surface area (Å²) in [5.74, 6) is 0.0675. The molecule has 1 atom stereocenters. The predicted octanol–water partition coefficient (Wildman–Crippen LogP) is 0.156. The molecule has 1 aliphatic heterocycles. The summed E-state index contributed by atoms with van der Waals surface area (Å²) < 4.78 is 1.70. The van der Waals surface area contributed by atoms with Crippen LogP contribution in [-0.2, 0) is 13.5 Å². The summed E-state index contributed by atoms with van der Waals surface area (Å²) in [4.78, 5) is 14.0. The van der Waals surface area contributed by atoms with Gasteiger partial charge in [-0.3, -0.25) is 9.48 Å². The number of nitrogens with zero attached hydrogens (tertiary/aromatic N) is 3. The van der Waals surface area contributed by atoms with Crippen LogP contribution in [0.25, 0.3) is 0 Å². The van der Waals surface area contributed by atoms with Gasteiger partial charge in [-0.05, 0) is 12.8 Å². The number of carbonyl (C=O) groups excluding carboxylic acids is 1. The Balaban J connectivity index is 2.20. The first-order chi connectivity index (χ1) is 7.61. The number of carbonyl (C=O) groups is 1. The van der Waals surface area contributed by atoms with Crippen LogP contribution in [0.1, 0.15) is 29.4 Å². The zero-order chi connectivity index (χ0) is 11.7. The molecule has 16 heavy (non-hydrogen) atoms. The van der Waals surface area contributed by atoms with Crippen molar-refractivity contribution in [2.75, 3.05) is 13.1 Å². The molecule has 1 aromatic rings. The van der Waals surface area contributed by atoms with Gasteiger partial charge in [-0.2, -0.15) is 5.10 Å². The van der Waals surface area contributed by atoms with E-state index in [1.165, 1.54) is 0 Å². The summed E-state index contributed by atoms with van der Waals surface area (Å²) in [7, 11) is 1.84. The number of hydrogen-bond donors (Lipinski definition) is 1. The number of rotatable bonds is 2. The molecule has 1 aromatic heterocycles. The van der Waals surface area contributed by atoms with Crippen LogP contribution in [0.15, 0.2) is 6.20 Å². The molecule has 0 unspecified atom stereocenters. The van der Waals surface area contributed by atoms with E-state index in [-0.39, 0.29) is 11.9 Å². The van der Waals surface area contributed by atoms with Crippen molar-refractivity contribution in [3.05, 3.63) is 17.5 Å². The molecule has 1 saturated heterocycles. The first-order valence-corrected chi connectivity index (χ1v) is 5.69. The third-order valence-corrected chi connectivity index (χ3v) is 2.98. The standard InChI is InChI=1S/C11H18N4O/c1-3-10-9(7-14(2)13-10)11(16)15-5-4-8(12)6-15/h7-8H,3-6,12H2,1-2H3/t8-/m0/s1. The van der Waals surface area contributed by atoms with Crippen molar-refractivity contribution >= 4 is 5.91 Å². The lowest BCUT2D eigenvalue weighted by molar-refractivity contribution is 0.0790. The highest BCUT2D eigenvalue weighted by Gasteiger charge is 2.26. The van der Waals surface area contributed by atoms with Gasteiger partial charge in [0.2, 0.25) is 0 Å². The van der Waals surface area contributed by atoms with E-state index in [9.17, 15) is 4.79 Å². The van der Waals surface area contributed by atoms with Crippen LogP contribution in [0, 0.1) is 0 Å². The molecule has 5 heteroatoms. The maximum atomic E-state index is 12.2. The van der Waals surface area contributed by atoms with E-state index < -0.39 is 0 Å². The zero-order valence-electron chi connectivity index (χ0n) is 9.81. The minimum Gasteiger partial charge on any atom is -0.337 e. The van der Waals surface area contributed by atoms with E-state index in [0.29, 0.717) is 6.54 Å². The Labute approximate surface area is 95.2 Å². The van der Waals surface area contributed by atoms with Gasteiger partial charge in [0, 0.05) is 32.4 Å². The Morgan fingerprint density at radius 1 is 1.69 bits per heavy atom. The molecule has 2 N–H and O–H groups in total. The Hall–Kier alpha value is -1.36. The van der Waals surface area contributed by atoms with Gasteiger partial charge in [0.15, 0.2) is 0 Å². The quantitative estimate of drug-likeness (QED) is 0.775. The second-order valence-electron chi connectivity index (χ2n) is 4.32. The van der Waals surface area contributed by atoms with Gasteiger partial charge in [0.25, 0.3) is 5.91 Å². The van der Waals surface area contributed by atoms with Crippen LogP contribution >= 0.6 is 0 Å². The highest BCUT2D eigenvalue weighted by atomic mass is 16.2. The molecule has 0 aromatic carbocycles. The Morgan fingerprint density at radius 3 is 3.00 bits per heavy atom. The van der Waals surface area contributed by atoms with Crippen molar-refractivity contribution in [1.82, 2.24) is 14.7 Å². The first kappa shape index (κ1) is 11.1. The Morgan fingerprint density at radius 2 is 2.44 bits per heavy atom. The van der Waals surface area contributed by atoms with E-state index >= 15 is 0 Å². The summed E-state index contributed by atoms with van der Waals surface area (Å²) in [5.41, 5.74) is 7.39. The SMILES string of the molecule is CCc1nn(C)cc1C(=O)N1CC[C@H](N)C1. The van der Waals surface area contributed by atoms with Crippen molar-refractivity contribution in [3.63, 3.8) is 0 Å². The Kier molecular flexibility index (Phi) is 2.96. The smallest absolute Gasteiger partial charge is 0.257 e. The average molecular weight is 222 g/mol. The molecule has 1 fully saturated rings. The minimum absolute atomic E-state index is 0.0675. The number of aromatic nitrogens is 2. The molecule has 88 valence electrons. The van der Waals surface area contributed by atoms with Gasteiger partial charge < -0.3 is 10.6 Å². The highest BCUT2D eigenvalue weighted by Crippen LogP contribution is 2.15. The molecule has 2 rings (SSSR count). The molecule has 0 saturated carbocycles. The molecule has 2 heterocycles. The maximum absolute atomic E-state index is 12.2. The fraction of sp³-hybridized carbons (Fsp3) is 0.636. The fourth-order valence-electron chi connectivity index (χ4n) is 2.12. The number of amides is 1. The van der Waals surface area contributed by atoms with Crippen LogP contribution in [0.2, 0.25) is 0 Å². The lowest BCUT2D eigenvalue weighted by atomic mass is 10.2. The van der Waals surface area contributed by atoms with Gasteiger partial charge in [0.1, 0.15) is 0 Å². The average Bonchev–Trinajstić information content (AvgIpc) is 2.83. The van der Waals surface area contributed by atoms with Gasteiger partial charge in [-0.15, -0.1) is 0 Å². The van der Waals surface area contributed by atoms with Gasteiger partial charge in [0.05, 0.1) is 11.3 Å². The van der Waals surface area contributed by atoms with E-state index in [1.54, 1.807) is 10.9 Å². The molecule has 5 nitrogen and oxygen atoms in total. The number of hydrogen-bond acceptors (Lipinski definition) is 3. The second kappa shape index (κ2) is 4.25. The molecule has 0 radical (unpaired) electrons. The van der Waals surface area contributed by atoms with Crippen molar-refractivity contribution < 1.29 is 4.79 Å². The molecule has 1 amide bonds. The summed E-state index contributed by atoms with van der Waals surface area (Å²) in [6.45, 7) is 3.43. The zero-order valence-corrected chi connectivity index (χ0v) is 9.81. The summed E-state index contributed by atoms with van der Waals surface area (Å²) >= 11 is 0. The number of nitrogens with two attached hydrogens (primary N) is 1. The van der Waals surface area contributed by atoms with Crippen molar-refractivity contribution in [2.45, 2.75) is 25.8 Å². The highest BCUT2D eigenvalue weighted by molar-refractivity contribution is 5.95. The molecule has 0 bridgehead atoms. The van der Waals surface area contributed by atoms with Gasteiger partial charge in [-0.25, -0.2) is 0 Å². The van der Waals surface area contributed by atoms with E-state index in [4.69, 9.17) is 5.73 Å². The summed E-state index contributed by atoms with van der Waals surface area (Å²) in [5, 5.41) is 4.28. The van der Waals surface area contributed by atoms with Crippen LogP contribution < -0.4 is 5.73 Å². The number of likely N-dealkylation sites (tertiary alicyclic amines) is 1. The van der Waals surface area contributed by atoms with Gasteiger partial charge in [-0.1, -0.05) is 6.92 Å². The maximum Gasteiger partial charge on any atom is 0.257 e. The van der Waals surface area contributed by atoms with Crippen LogP contribution in [0.3, 0.4) is 0 Å². The van der Waals surface area contributed by atoms with E-state index in [2.05, 4.69) is 5.10 Å². The Bertz CT molecular complexity index is 399. The molecule has 0 spiro atoms. The monoisotopic (exact) mass is 222 g/mol. The normalized spacial score (nSPS) is 20.4. The molecular weight excluding hydrogens is 204 g/mol. The van der Waals surface area contributed by atoms with Crippen LogP contribution in [0.5, 0.6) is 0 Å². The van der Waals surface area contributed by atoms with E-state index in [1.807, 2.05) is 18.9 Å². The van der Waals surface area contributed by atoms with Crippen molar-refractivity contribution in [3.8, 4) is 0 Å². The summed E-state index contributed by atoms with van der Waals surface area (Å²) in [6.07, 6.45) is 3.47. The molecule has 1 aliphatic rings. The summed E-state index contributed by atoms with van der Waals surface area (Å²) in [6, 6.07) is 0.130. The topological polar surface area (TPSA) is 64.2 Å².